The lowest BCUT2D eigenvalue weighted by atomic mass is 10.2. The highest BCUT2D eigenvalue weighted by molar-refractivity contribution is 7.11. The maximum atomic E-state index is 5.06. The van der Waals surface area contributed by atoms with Gasteiger partial charge in [-0.3, -0.25) is 0 Å². The molecule has 0 radical (unpaired) electrons. The van der Waals surface area contributed by atoms with Crippen molar-refractivity contribution in [3.8, 4) is 0 Å². The van der Waals surface area contributed by atoms with Crippen LogP contribution < -0.4 is 5.32 Å². The molecule has 0 aliphatic heterocycles. The predicted molar refractivity (Wildman–Crippen MR) is 77.4 cm³/mol. The molecule has 0 saturated carbocycles. The van der Waals surface area contributed by atoms with E-state index in [-0.39, 0.29) is 0 Å². The molecule has 0 fully saturated rings. The number of methoxy groups -OCH3 is 1. The molecule has 0 aliphatic rings. The number of ether oxygens (including phenoxy) is 1. The number of thiazole rings is 1. The first-order chi connectivity index (χ1) is 8.54. The molecule has 0 bridgehead atoms. The number of hydrogen-bond donors (Lipinski definition) is 1. The Morgan fingerprint density at radius 1 is 1.39 bits per heavy atom. The van der Waals surface area contributed by atoms with E-state index in [9.17, 15) is 0 Å². The number of aryl methyl sites for hydroxylation is 2. The molecule has 1 rings (SSSR count). The molecule has 1 aromatic rings. The average molecular weight is 271 g/mol. The summed E-state index contributed by atoms with van der Waals surface area (Å²) in [5.41, 5.74) is 1.16. The highest BCUT2D eigenvalue weighted by Crippen LogP contribution is 2.23. The Labute approximate surface area is 114 Å². The molecular formula is C13H25N3OS. The van der Waals surface area contributed by atoms with Gasteiger partial charge < -0.3 is 15.0 Å². The molecule has 1 heterocycles. The summed E-state index contributed by atoms with van der Waals surface area (Å²) in [5, 5.41) is 4.69. The van der Waals surface area contributed by atoms with Crippen molar-refractivity contribution in [2.75, 3.05) is 40.4 Å². The number of rotatable bonds is 8. The molecule has 0 aliphatic carbocycles. The van der Waals surface area contributed by atoms with Crippen LogP contribution >= 0.6 is 11.3 Å². The quantitative estimate of drug-likeness (QED) is 0.784. The Morgan fingerprint density at radius 3 is 2.67 bits per heavy atom. The van der Waals surface area contributed by atoms with Gasteiger partial charge in [0.05, 0.1) is 17.3 Å². The summed E-state index contributed by atoms with van der Waals surface area (Å²) < 4.78 is 5.06. The lowest BCUT2D eigenvalue weighted by Gasteiger charge is -2.18. The molecule has 5 heteroatoms. The van der Waals surface area contributed by atoms with Crippen molar-refractivity contribution in [1.82, 2.24) is 15.2 Å². The van der Waals surface area contributed by atoms with E-state index in [1.54, 1.807) is 18.4 Å². The van der Waals surface area contributed by atoms with Gasteiger partial charge in [0.2, 0.25) is 0 Å². The van der Waals surface area contributed by atoms with Gasteiger partial charge in [-0.1, -0.05) is 0 Å². The van der Waals surface area contributed by atoms with Crippen LogP contribution in [0.4, 0.5) is 0 Å². The Bertz CT molecular complexity index is 354. The molecule has 0 saturated heterocycles. The highest BCUT2D eigenvalue weighted by atomic mass is 32.1. The minimum atomic E-state index is 0.382. The smallest absolute Gasteiger partial charge is 0.0900 e. The van der Waals surface area contributed by atoms with Gasteiger partial charge in [0.1, 0.15) is 0 Å². The summed E-state index contributed by atoms with van der Waals surface area (Å²) in [6, 6.07) is 0.382. The normalized spacial score (nSPS) is 13.2. The first-order valence-electron chi connectivity index (χ1n) is 6.39. The molecule has 1 N–H and O–H groups in total. The topological polar surface area (TPSA) is 37.4 Å². The first-order valence-corrected chi connectivity index (χ1v) is 7.21. The van der Waals surface area contributed by atoms with Crippen molar-refractivity contribution >= 4 is 11.3 Å². The summed E-state index contributed by atoms with van der Waals surface area (Å²) in [5.74, 6) is 0. The number of likely N-dealkylation sites (N-methyl/N-ethyl adjacent to an activating group) is 1. The molecule has 104 valence electrons. The first kappa shape index (κ1) is 15.6. The molecule has 1 aromatic heterocycles. The Balaban J connectivity index is 2.29. The minimum Gasteiger partial charge on any atom is -0.383 e. The largest absolute Gasteiger partial charge is 0.383 e. The maximum Gasteiger partial charge on any atom is 0.0900 e. The van der Waals surface area contributed by atoms with Gasteiger partial charge in [0.25, 0.3) is 0 Å². The van der Waals surface area contributed by atoms with Crippen molar-refractivity contribution < 1.29 is 4.74 Å². The Morgan fingerprint density at radius 2 is 2.11 bits per heavy atom. The van der Waals surface area contributed by atoms with Gasteiger partial charge >= 0.3 is 0 Å². The van der Waals surface area contributed by atoms with Crippen LogP contribution in [-0.2, 0) is 4.74 Å². The summed E-state index contributed by atoms with van der Waals surface area (Å²) in [6.07, 6.45) is 0. The molecule has 4 nitrogen and oxygen atoms in total. The molecule has 1 atom stereocenters. The van der Waals surface area contributed by atoms with Crippen molar-refractivity contribution in [3.05, 3.63) is 15.6 Å². The molecule has 0 amide bonds. The van der Waals surface area contributed by atoms with Gasteiger partial charge in [-0.2, -0.15) is 0 Å². The van der Waals surface area contributed by atoms with E-state index in [0.717, 1.165) is 36.9 Å². The van der Waals surface area contributed by atoms with Crippen LogP contribution in [0.5, 0.6) is 0 Å². The second-order valence-corrected chi connectivity index (χ2v) is 5.89. The van der Waals surface area contributed by atoms with Crippen molar-refractivity contribution in [3.63, 3.8) is 0 Å². The summed E-state index contributed by atoms with van der Waals surface area (Å²) >= 11 is 1.79. The van der Waals surface area contributed by atoms with Gasteiger partial charge in [-0.15, -0.1) is 11.3 Å². The number of hydrogen-bond acceptors (Lipinski definition) is 5. The summed E-state index contributed by atoms with van der Waals surface area (Å²) in [4.78, 5) is 8.09. The van der Waals surface area contributed by atoms with E-state index in [1.165, 1.54) is 4.88 Å². The second-order valence-electron chi connectivity index (χ2n) is 4.65. The average Bonchev–Trinajstić information content (AvgIpc) is 2.65. The maximum absolute atomic E-state index is 5.06. The number of aromatic nitrogens is 1. The van der Waals surface area contributed by atoms with Crippen LogP contribution in [0.2, 0.25) is 0 Å². The molecule has 1 unspecified atom stereocenters. The van der Waals surface area contributed by atoms with Gasteiger partial charge in [-0.25, -0.2) is 4.98 Å². The van der Waals surface area contributed by atoms with E-state index in [2.05, 4.69) is 43.0 Å². The van der Waals surface area contributed by atoms with Crippen molar-refractivity contribution in [2.45, 2.75) is 26.8 Å². The highest BCUT2D eigenvalue weighted by Gasteiger charge is 2.12. The zero-order valence-corrected chi connectivity index (χ0v) is 12.9. The SMILES string of the molecule is COCCN(C)CCNC(C)c1sc(C)nc1C. The third kappa shape index (κ3) is 5.02. The van der Waals surface area contributed by atoms with E-state index < -0.39 is 0 Å². The zero-order valence-electron chi connectivity index (χ0n) is 12.1. The monoisotopic (exact) mass is 271 g/mol. The molecule has 18 heavy (non-hydrogen) atoms. The van der Waals surface area contributed by atoms with Gasteiger partial charge in [-0.05, 0) is 27.8 Å². The fourth-order valence-corrected chi connectivity index (χ4v) is 2.83. The van der Waals surface area contributed by atoms with E-state index >= 15 is 0 Å². The van der Waals surface area contributed by atoms with Crippen LogP contribution in [-0.4, -0.2) is 50.3 Å². The summed E-state index contributed by atoms with van der Waals surface area (Å²) in [6.45, 7) is 10.1. The zero-order chi connectivity index (χ0) is 13.5. The molecule has 0 aromatic carbocycles. The Hall–Kier alpha value is -0.490. The third-order valence-corrected chi connectivity index (χ3v) is 4.21. The number of nitrogens with one attached hydrogen (secondary N) is 1. The third-order valence-electron chi connectivity index (χ3n) is 2.95. The van der Waals surface area contributed by atoms with Crippen LogP contribution in [0, 0.1) is 13.8 Å². The van der Waals surface area contributed by atoms with Gasteiger partial charge in [0.15, 0.2) is 0 Å². The Kier molecular flexibility index (Phi) is 6.78. The lowest BCUT2D eigenvalue weighted by molar-refractivity contribution is 0.161. The van der Waals surface area contributed by atoms with Crippen LogP contribution in [0.3, 0.4) is 0 Å². The van der Waals surface area contributed by atoms with E-state index in [1.807, 2.05) is 0 Å². The van der Waals surface area contributed by atoms with Crippen LogP contribution in [0.15, 0.2) is 0 Å². The van der Waals surface area contributed by atoms with Crippen LogP contribution in [0.1, 0.15) is 28.5 Å². The minimum absolute atomic E-state index is 0.382. The molecular weight excluding hydrogens is 246 g/mol. The number of nitrogens with zero attached hydrogens (tertiary/aromatic N) is 2. The van der Waals surface area contributed by atoms with Crippen molar-refractivity contribution in [1.29, 1.82) is 0 Å². The van der Waals surface area contributed by atoms with E-state index in [0.29, 0.717) is 6.04 Å². The van der Waals surface area contributed by atoms with E-state index in [4.69, 9.17) is 4.74 Å². The van der Waals surface area contributed by atoms with Gasteiger partial charge in [0, 0.05) is 37.7 Å². The molecule has 0 spiro atoms. The fraction of sp³-hybridized carbons (Fsp3) is 0.769. The van der Waals surface area contributed by atoms with Crippen LogP contribution in [0.25, 0.3) is 0 Å². The second kappa shape index (κ2) is 7.84. The lowest BCUT2D eigenvalue weighted by Crippen LogP contribution is -2.32. The fourth-order valence-electron chi connectivity index (χ4n) is 1.87. The summed E-state index contributed by atoms with van der Waals surface area (Å²) in [7, 11) is 3.86. The standard InChI is InChI=1S/C13H25N3OS/c1-10(13-11(2)15-12(3)18-13)14-6-7-16(4)8-9-17-5/h10,14H,6-9H2,1-5H3. The van der Waals surface area contributed by atoms with Crippen molar-refractivity contribution in [2.24, 2.45) is 0 Å². The predicted octanol–water partition coefficient (Wildman–Crippen LogP) is 1.99.